The first-order valence-corrected chi connectivity index (χ1v) is 19.0. The third-order valence-electron chi connectivity index (χ3n) is 10.8. The second-order valence-electron chi connectivity index (χ2n) is 14.2. The second-order valence-corrected chi connectivity index (χ2v) is 14.2. The van der Waals surface area contributed by atoms with Gasteiger partial charge in [-0.25, -0.2) is 0 Å². The first-order chi connectivity index (χ1) is 27.7. The van der Waals surface area contributed by atoms with E-state index in [9.17, 15) is 0 Å². The zero-order chi connectivity index (χ0) is 37.4. The molecule has 0 aliphatic rings. The largest absolute Gasteiger partial charge is 0.456 e. The summed E-state index contributed by atoms with van der Waals surface area (Å²) in [5.41, 5.74) is 16.7. The lowest BCUT2D eigenvalue weighted by molar-refractivity contribution is 0.669. The number of para-hydroxylation sites is 2. The number of fused-ring (bicyclic) bond motifs is 4. The molecule has 0 spiro atoms. The van der Waals surface area contributed by atoms with E-state index in [4.69, 9.17) is 4.42 Å². The maximum Gasteiger partial charge on any atom is 0.135 e. The Morgan fingerprint density at radius 3 is 1.50 bits per heavy atom. The quantitative estimate of drug-likeness (QED) is 0.153. The number of nitrogens with zero attached hydrogens (tertiary/aromatic N) is 1. The van der Waals surface area contributed by atoms with Crippen LogP contribution in [0, 0.1) is 0 Å². The minimum atomic E-state index is 0.895. The summed E-state index contributed by atoms with van der Waals surface area (Å²) in [6.07, 6.45) is 6.42. The van der Waals surface area contributed by atoms with Crippen molar-refractivity contribution < 1.29 is 4.42 Å². The van der Waals surface area contributed by atoms with E-state index in [0.29, 0.717) is 0 Å². The average Bonchev–Trinajstić information content (AvgIpc) is 3.81. The molecule has 0 atom stereocenters. The molecule has 0 radical (unpaired) electrons. The normalized spacial score (nSPS) is 11.6. The lowest BCUT2D eigenvalue weighted by Gasteiger charge is -2.15. The predicted molar refractivity (Wildman–Crippen MR) is 238 cm³/mol. The third-order valence-corrected chi connectivity index (χ3v) is 10.8. The lowest BCUT2D eigenvalue weighted by Crippen LogP contribution is -1.98. The van der Waals surface area contributed by atoms with Crippen molar-refractivity contribution >= 4 is 51.1 Å². The molecule has 56 heavy (non-hydrogen) atoms. The fourth-order valence-corrected chi connectivity index (χ4v) is 8.01. The maximum absolute atomic E-state index is 6.11. The fraction of sp³-hybridized carbons (Fsp3) is 0. The van der Waals surface area contributed by atoms with Gasteiger partial charge in [-0.1, -0.05) is 170 Å². The number of hydrogen-bond acceptors (Lipinski definition) is 1. The summed E-state index contributed by atoms with van der Waals surface area (Å²) >= 11 is 0. The molecule has 0 fully saturated rings. The van der Waals surface area contributed by atoms with Gasteiger partial charge in [-0.05, 0) is 98.6 Å². The van der Waals surface area contributed by atoms with Gasteiger partial charge in [0.2, 0.25) is 0 Å². The van der Waals surface area contributed by atoms with Crippen molar-refractivity contribution in [3.05, 3.63) is 218 Å². The standard InChI is InChI=1S/C54H37NO/c1-2-51-48(31-21-37-22-32-54-50(33-37)49-18-10-12-20-53(49)56-54)47-17-9-11-19-52(47)55(51)46-35-44(42-27-23-40(24-28-42)38-13-5-3-6-14-38)34-45(36-46)43-29-25-41(26-30-43)39-15-7-4-8-16-39/h2-36H,1H2/b31-21+. The monoisotopic (exact) mass is 715 g/mol. The van der Waals surface area contributed by atoms with Crippen LogP contribution in [0.1, 0.15) is 16.8 Å². The molecule has 2 heteroatoms. The highest BCUT2D eigenvalue weighted by Gasteiger charge is 2.17. The Labute approximate surface area is 326 Å². The Bertz CT molecular complexity index is 2950. The molecule has 2 nitrogen and oxygen atoms in total. The topological polar surface area (TPSA) is 18.1 Å². The molecule has 264 valence electrons. The highest BCUT2D eigenvalue weighted by atomic mass is 16.3. The Hall–Kier alpha value is -7.42. The van der Waals surface area contributed by atoms with Gasteiger partial charge in [0.25, 0.3) is 0 Å². The van der Waals surface area contributed by atoms with Crippen LogP contribution in [0.2, 0.25) is 0 Å². The summed E-state index contributed by atoms with van der Waals surface area (Å²) in [6.45, 7) is 4.37. The molecule has 10 rings (SSSR count). The van der Waals surface area contributed by atoms with E-state index in [2.05, 4.69) is 205 Å². The predicted octanol–water partition coefficient (Wildman–Crippen LogP) is 15.0. The van der Waals surface area contributed by atoms with Crippen LogP contribution in [0.4, 0.5) is 0 Å². The van der Waals surface area contributed by atoms with E-state index in [1.54, 1.807) is 0 Å². The summed E-state index contributed by atoms with van der Waals surface area (Å²) in [4.78, 5) is 0. The first-order valence-electron chi connectivity index (χ1n) is 19.0. The number of rotatable bonds is 8. The Morgan fingerprint density at radius 1 is 0.393 bits per heavy atom. The molecule has 10 aromatic rings. The van der Waals surface area contributed by atoms with Crippen LogP contribution in [0.3, 0.4) is 0 Å². The molecule has 0 amide bonds. The maximum atomic E-state index is 6.11. The van der Waals surface area contributed by atoms with E-state index in [1.165, 1.54) is 27.6 Å². The molecule has 0 unspecified atom stereocenters. The van der Waals surface area contributed by atoms with Crippen LogP contribution < -0.4 is 0 Å². The molecule has 0 saturated carbocycles. The smallest absolute Gasteiger partial charge is 0.135 e. The van der Waals surface area contributed by atoms with E-state index >= 15 is 0 Å². The van der Waals surface area contributed by atoms with E-state index in [1.807, 2.05) is 18.2 Å². The van der Waals surface area contributed by atoms with Gasteiger partial charge in [-0.3, -0.25) is 0 Å². The van der Waals surface area contributed by atoms with Gasteiger partial charge in [-0.2, -0.15) is 0 Å². The van der Waals surface area contributed by atoms with Gasteiger partial charge in [-0.15, -0.1) is 0 Å². The molecular weight excluding hydrogens is 679 g/mol. The third kappa shape index (κ3) is 6.04. The number of furan rings is 1. The lowest BCUT2D eigenvalue weighted by atomic mass is 9.95. The molecule has 2 aromatic heterocycles. The molecule has 0 saturated heterocycles. The van der Waals surface area contributed by atoms with Crippen molar-refractivity contribution in [3.63, 3.8) is 0 Å². The van der Waals surface area contributed by atoms with Gasteiger partial charge < -0.3 is 8.98 Å². The minimum absolute atomic E-state index is 0.895. The van der Waals surface area contributed by atoms with Gasteiger partial charge in [0.1, 0.15) is 11.2 Å². The first kappa shape index (κ1) is 33.2. The molecule has 0 N–H and O–H groups in total. The average molecular weight is 716 g/mol. The van der Waals surface area contributed by atoms with Crippen LogP contribution in [0.15, 0.2) is 205 Å². The van der Waals surface area contributed by atoms with Crippen molar-refractivity contribution in [1.29, 1.82) is 0 Å². The van der Waals surface area contributed by atoms with Crippen LogP contribution in [0.5, 0.6) is 0 Å². The van der Waals surface area contributed by atoms with Gasteiger partial charge >= 0.3 is 0 Å². The zero-order valence-corrected chi connectivity index (χ0v) is 30.8. The van der Waals surface area contributed by atoms with Crippen LogP contribution >= 0.6 is 0 Å². The van der Waals surface area contributed by atoms with Gasteiger partial charge in [0.05, 0.1) is 11.2 Å². The second kappa shape index (κ2) is 14.1. The summed E-state index contributed by atoms with van der Waals surface area (Å²) in [5.74, 6) is 0. The van der Waals surface area contributed by atoms with E-state index in [0.717, 1.165) is 72.2 Å². The van der Waals surface area contributed by atoms with E-state index in [-0.39, 0.29) is 0 Å². The highest BCUT2D eigenvalue weighted by Crippen LogP contribution is 2.38. The van der Waals surface area contributed by atoms with Crippen molar-refractivity contribution in [1.82, 2.24) is 4.57 Å². The summed E-state index contributed by atoms with van der Waals surface area (Å²) in [5, 5.41) is 3.41. The summed E-state index contributed by atoms with van der Waals surface area (Å²) in [7, 11) is 0. The molecular formula is C54H37NO. The van der Waals surface area contributed by atoms with Crippen molar-refractivity contribution in [2.24, 2.45) is 0 Å². The summed E-state index contributed by atoms with van der Waals surface area (Å²) in [6, 6.07) is 69.1. The Balaban J connectivity index is 1.11. The SMILES string of the molecule is C=Cc1c(/C=C/c2ccc3oc4ccccc4c3c2)c2ccccc2n1-c1cc(-c2ccc(-c3ccccc3)cc2)cc(-c2ccc(-c3ccccc3)cc2)c1. The van der Waals surface area contributed by atoms with Crippen LogP contribution in [0.25, 0.3) is 101 Å². The number of benzene rings is 8. The van der Waals surface area contributed by atoms with E-state index < -0.39 is 0 Å². The van der Waals surface area contributed by atoms with Crippen LogP contribution in [-0.4, -0.2) is 4.57 Å². The molecule has 2 heterocycles. The molecule has 0 aliphatic heterocycles. The number of aromatic nitrogens is 1. The number of hydrogen-bond donors (Lipinski definition) is 0. The van der Waals surface area contributed by atoms with Gasteiger partial charge in [0.15, 0.2) is 0 Å². The Kier molecular flexibility index (Phi) is 8.35. The fourth-order valence-electron chi connectivity index (χ4n) is 8.01. The molecule has 8 aromatic carbocycles. The van der Waals surface area contributed by atoms with Crippen molar-refractivity contribution in [2.45, 2.75) is 0 Å². The van der Waals surface area contributed by atoms with Gasteiger partial charge in [0, 0.05) is 27.4 Å². The molecule has 0 aliphatic carbocycles. The zero-order valence-electron chi connectivity index (χ0n) is 30.8. The Morgan fingerprint density at radius 2 is 0.893 bits per heavy atom. The van der Waals surface area contributed by atoms with Crippen molar-refractivity contribution in [2.75, 3.05) is 0 Å². The minimum Gasteiger partial charge on any atom is -0.456 e. The highest BCUT2D eigenvalue weighted by molar-refractivity contribution is 6.06. The van der Waals surface area contributed by atoms with Crippen LogP contribution in [-0.2, 0) is 0 Å². The van der Waals surface area contributed by atoms with Crippen molar-refractivity contribution in [3.8, 4) is 50.2 Å². The molecule has 0 bridgehead atoms. The summed E-state index contributed by atoms with van der Waals surface area (Å²) < 4.78 is 8.47.